The van der Waals surface area contributed by atoms with Gasteiger partial charge in [-0.25, -0.2) is 0 Å². The van der Waals surface area contributed by atoms with Crippen LogP contribution in [0.25, 0.3) is 0 Å². The van der Waals surface area contributed by atoms with E-state index in [1.807, 2.05) is 31.3 Å². The summed E-state index contributed by atoms with van der Waals surface area (Å²) in [5.74, 6) is 0.804. The number of likely N-dealkylation sites (N-methyl/N-ethyl adjacent to an activating group) is 1. The largest absolute Gasteiger partial charge is 0.497 e. The van der Waals surface area contributed by atoms with Crippen molar-refractivity contribution in [2.45, 2.75) is 19.7 Å². The lowest BCUT2D eigenvalue weighted by atomic mass is 10.2. The molecule has 0 aliphatic heterocycles. The quantitative estimate of drug-likeness (QED) is 0.642. The molecule has 1 atom stereocenters. The van der Waals surface area contributed by atoms with Crippen molar-refractivity contribution in [3.05, 3.63) is 53.6 Å². The van der Waals surface area contributed by atoms with Gasteiger partial charge < -0.3 is 24.4 Å². The molecule has 6 nitrogen and oxygen atoms in total. The SMILES string of the molecule is COc1cccc(C[NH+](C)CC(=O)NCc2ccc(OC(F)F)c(OC)c2)c1. The van der Waals surface area contributed by atoms with Gasteiger partial charge in [-0.3, -0.25) is 4.79 Å². The van der Waals surface area contributed by atoms with Crippen LogP contribution in [0.1, 0.15) is 11.1 Å². The third-order valence-electron chi connectivity index (χ3n) is 4.04. The highest BCUT2D eigenvalue weighted by Crippen LogP contribution is 2.29. The van der Waals surface area contributed by atoms with Gasteiger partial charge in [0.2, 0.25) is 0 Å². The number of methoxy groups -OCH3 is 2. The molecule has 1 unspecified atom stereocenters. The topological polar surface area (TPSA) is 61.2 Å². The van der Waals surface area contributed by atoms with Crippen molar-refractivity contribution in [1.82, 2.24) is 5.32 Å². The van der Waals surface area contributed by atoms with Gasteiger partial charge in [-0.05, 0) is 29.8 Å². The third-order valence-corrected chi connectivity index (χ3v) is 4.04. The Kier molecular flexibility index (Phi) is 8.01. The summed E-state index contributed by atoms with van der Waals surface area (Å²) in [5.41, 5.74) is 1.79. The average Bonchev–Trinajstić information content (AvgIpc) is 2.66. The molecule has 0 fully saturated rings. The molecule has 28 heavy (non-hydrogen) atoms. The second-order valence-electron chi connectivity index (χ2n) is 6.30. The Morgan fingerprint density at radius 3 is 2.54 bits per heavy atom. The first-order valence-corrected chi connectivity index (χ1v) is 8.74. The zero-order valence-electron chi connectivity index (χ0n) is 16.1. The van der Waals surface area contributed by atoms with Crippen LogP contribution in [0.15, 0.2) is 42.5 Å². The first-order chi connectivity index (χ1) is 13.4. The van der Waals surface area contributed by atoms with E-state index in [1.54, 1.807) is 19.2 Å². The minimum absolute atomic E-state index is 0.0463. The molecule has 0 heterocycles. The lowest BCUT2D eigenvalue weighted by Gasteiger charge is -2.15. The molecule has 0 aliphatic rings. The smallest absolute Gasteiger partial charge is 0.387 e. The van der Waals surface area contributed by atoms with Gasteiger partial charge >= 0.3 is 6.61 Å². The standard InChI is InChI=1S/C20H24F2N2O4/c1-24(12-15-5-4-6-16(9-15)26-2)13-19(25)23-11-14-7-8-17(28-20(21)22)18(10-14)27-3/h4-10,20H,11-13H2,1-3H3,(H,23,25)/p+1. The molecule has 1 amide bonds. The van der Waals surface area contributed by atoms with Crippen LogP contribution in [-0.2, 0) is 17.9 Å². The van der Waals surface area contributed by atoms with Crippen LogP contribution >= 0.6 is 0 Å². The fourth-order valence-corrected chi connectivity index (χ4v) is 2.75. The summed E-state index contributed by atoms with van der Waals surface area (Å²) < 4.78 is 39.4. The predicted molar refractivity (Wildman–Crippen MR) is 99.9 cm³/mol. The maximum Gasteiger partial charge on any atom is 0.387 e. The Morgan fingerprint density at radius 1 is 1.07 bits per heavy atom. The number of hydrogen-bond acceptors (Lipinski definition) is 4. The molecular formula is C20H25F2N2O4+. The summed E-state index contributed by atoms with van der Waals surface area (Å²) >= 11 is 0. The van der Waals surface area contributed by atoms with Crippen LogP contribution in [0.3, 0.4) is 0 Å². The second kappa shape index (κ2) is 10.5. The predicted octanol–water partition coefficient (Wildman–Crippen LogP) is 1.64. The first-order valence-electron chi connectivity index (χ1n) is 8.74. The van der Waals surface area contributed by atoms with E-state index in [1.165, 1.54) is 13.2 Å². The molecular weight excluding hydrogens is 370 g/mol. The van der Waals surface area contributed by atoms with E-state index < -0.39 is 6.61 Å². The molecule has 2 N–H and O–H groups in total. The molecule has 0 aromatic heterocycles. The van der Waals surface area contributed by atoms with Crippen LogP contribution in [0, 0.1) is 0 Å². The molecule has 152 valence electrons. The zero-order chi connectivity index (χ0) is 20.5. The number of alkyl halides is 2. The molecule has 0 saturated carbocycles. The first kappa shape index (κ1) is 21.4. The molecule has 0 radical (unpaired) electrons. The van der Waals surface area contributed by atoms with E-state index in [0.29, 0.717) is 13.1 Å². The Bertz CT molecular complexity index is 787. The normalized spacial score (nSPS) is 11.8. The number of ether oxygens (including phenoxy) is 3. The van der Waals surface area contributed by atoms with Crippen molar-refractivity contribution in [3.8, 4) is 17.2 Å². The second-order valence-corrected chi connectivity index (χ2v) is 6.30. The van der Waals surface area contributed by atoms with Gasteiger partial charge in [0.15, 0.2) is 18.0 Å². The Morgan fingerprint density at radius 2 is 1.86 bits per heavy atom. The van der Waals surface area contributed by atoms with Crippen LogP contribution in [0.2, 0.25) is 0 Å². The number of carbonyl (C=O) groups excluding carboxylic acids is 1. The third kappa shape index (κ3) is 6.70. The van der Waals surface area contributed by atoms with Crippen molar-refractivity contribution in [1.29, 1.82) is 0 Å². The van der Waals surface area contributed by atoms with E-state index >= 15 is 0 Å². The van der Waals surface area contributed by atoms with Crippen molar-refractivity contribution in [2.75, 3.05) is 27.8 Å². The highest BCUT2D eigenvalue weighted by Gasteiger charge is 2.13. The summed E-state index contributed by atoms with van der Waals surface area (Å²) in [6.07, 6.45) is 0. The van der Waals surface area contributed by atoms with Crippen LogP contribution in [0.4, 0.5) is 8.78 Å². The van der Waals surface area contributed by atoms with Gasteiger partial charge in [0.25, 0.3) is 5.91 Å². The molecule has 0 bridgehead atoms. The van der Waals surface area contributed by atoms with E-state index in [9.17, 15) is 13.6 Å². The van der Waals surface area contributed by atoms with E-state index in [2.05, 4.69) is 10.1 Å². The summed E-state index contributed by atoms with van der Waals surface area (Å²) in [6.45, 7) is -1.70. The highest BCUT2D eigenvalue weighted by atomic mass is 19.3. The van der Waals surface area contributed by atoms with Crippen molar-refractivity contribution < 1.29 is 32.7 Å². The highest BCUT2D eigenvalue weighted by molar-refractivity contribution is 5.76. The maximum atomic E-state index is 12.4. The van der Waals surface area contributed by atoms with Crippen molar-refractivity contribution in [3.63, 3.8) is 0 Å². The fourth-order valence-electron chi connectivity index (χ4n) is 2.75. The molecule has 0 spiro atoms. The molecule has 0 saturated heterocycles. The van der Waals surface area contributed by atoms with Crippen molar-refractivity contribution in [2.24, 2.45) is 0 Å². The van der Waals surface area contributed by atoms with Crippen molar-refractivity contribution >= 4 is 5.91 Å². The molecule has 2 aromatic rings. The van der Waals surface area contributed by atoms with Gasteiger partial charge in [-0.2, -0.15) is 8.78 Å². The van der Waals surface area contributed by atoms with Gasteiger partial charge in [-0.15, -0.1) is 0 Å². The monoisotopic (exact) mass is 395 g/mol. The number of halogens is 2. The van der Waals surface area contributed by atoms with Gasteiger partial charge in [0.1, 0.15) is 12.3 Å². The fraction of sp³-hybridized carbons (Fsp3) is 0.350. The van der Waals surface area contributed by atoms with E-state index in [0.717, 1.165) is 21.8 Å². The summed E-state index contributed by atoms with van der Waals surface area (Å²) in [6, 6.07) is 12.3. The molecule has 2 aromatic carbocycles. The number of quaternary nitrogens is 1. The molecule has 2 rings (SSSR count). The van der Waals surface area contributed by atoms with E-state index in [-0.39, 0.29) is 24.0 Å². The number of rotatable bonds is 10. The minimum atomic E-state index is -2.93. The van der Waals surface area contributed by atoms with Crippen LogP contribution in [-0.4, -0.2) is 40.3 Å². The Hall–Kier alpha value is -2.87. The lowest BCUT2D eigenvalue weighted by Crippen LogP contribution is -3.08. The summed E-state index contributed by atoms with van der Waals surface area (Å²) in [4.78, 5) is 13.2. The minimum Gasteiger partial charge on any atom is -0.497 e. The Labute approximate surface area is 163 Å². The zero-order valence-corrected chi connectivity index (χ0v) is 16.1. The summed E-state index contributed by atoms with van der Waals surface area (Å²) in [7, 11) is 4.91. The lowest BCUT2D eigenvalue weighted by molar-refractivity contribution is -0.885. The summed E-state index contributed by atoms with van der Waals surface area (Å²) in [5, 5.41) is 2.82. The van der Waals surface area contributed by atoms with Gasteiger partial charge in [0, 0.05) is 12.1 Å². The Balaban J connectivity index is 1.85. The molecule has 0 aliphatic carbocycles. The van der Waals surface area contributed by atoms with Crippen LogP contribution in [0.5, 0.6) is 17.2 Å². The maximum absolute atomic E-state index is 12.4. The molecule has 8 heteroatoms. The number of nitrogens with one attached hydrogen (secondary N) is 2. The number of amides is 1. The number of hydrogen-bond donors (Lipinski definition) is 2. The average molecular weight is 395 g/mol. The number of carbonyl (C=O) groups is 1. The van der Waals surface area contributed by atoms with Gasteiger partial charge in [-0.1, -0.05) is 18.2 Å². The van der Waals surface area contributed by atoms with E-state index in [4.69, 9.17) is 9.47 Å². The number of benzene rings is 2. The van der Waals surface area contributed by atoms with Crippen LogP contribution < -0.4 is 24.4 Å². The van der Waals surface area contributed by atoms with Gasteiger partial charge in [0.05, 0.1) is 21.3 Å².